The highest BCUT2D eigenvalue weighted by Gasteiger charge is 2.23. The number of amides is 1. The highest BCUT2D eigenvalue weighted by Crippen LogP contribution is 2.32. The van der Waals surface area contributed by atoms with Gasteiger partial charge in [0.25, 0.3) is 5.91 Å². The molecule has 0 atom stereocenters. The molecule has 0 unspecified atom stereocenters. The van der Waals surface area contributed by atoms with E-state index in [1.54, 1.807) is 0 Å². The number of nitrogens with one attached hydrogen (secondary N) is 2. The van der Waals surface area contributed by atoms with Crippen molar-refractivity contribution in [2.75, 3.05) is 7.11 Å². The molecule has 0 saturated heterocycles. The maximum Gasteiger partial charge on any atom is 0.305 e. The lowest BCUT2D eigenvalue weighted by Crippen LogP contribution is -2.15. The Labute approximate surface area is 175 Å². The number of benzene rings is 1. The lowest BCUT2D eigenvalue weighted by molar-refractivity contribution is -0.140. The number of carbonyl (C=O) groups is 2. The van der Waals surface area contributed by atoms with Gasteiger partial charge in [0, 0.05) is 28.9 Å². The zero-order valence-corrected chi connectivity index (χ0v) is 17.7. The average molecular weight is 406 g/mol. The molecule has 0 radical (unpaired) electrons. The molecule has 7 heteroatoms. The lowest BCUT2D eigenvalue weighted by atomic mass is 10.0. The summed E-state index contributed by atoms with van der Waals surface area (Å²) >= 11 is 0. The highest BCUT2D eigenvalue weighted by atomic mass is 16.5. The zero-order valence-electron chi connectivity index (χ0n) is 17.7. The third-order valence-corrected chi connectivity index (χ3v) is 5.23. The Morgan fingerprint density at radius 2 is 1.90 bits per heavy atom. The van der Waals surface area contributed by atoms with Crippen LogP contribution in [-0.2, 0) is 20.7 Å². The first-order valence-corrected chi connectivity index (χ1v) is 9.92. The lowest BCUT2D eigenvalue weighted by Gasteiger charge is -2.04. The van der Waals surface area contributed by atoms with Crippen LogP contribution in [0.4, 0.5) is 11.5 Å². The van der Waals surface area contributed by atoms with E-state index in [-0.39, 0.29) is 18.3 Å². The first kappa shape index (κ1) is 21.2. The molecule has 30 heavy (non-hydrogen) atoms. The quantitative estimate of drug-likeness (QED) is 0.498. The van der Waals surface area contributed by atoms with E-state index in [4.69, 9.17) is 4.74 Å². The van der Waals surface area contributed by atoms with E-state index in [1.807, 2.05) is 57.2 Å². The summed E-state index contributed by atoms with van der Waals surface area (Å²) in [4.78, 5) is 27.0. The van der Waals surface area contributed by atoms with Crippen molar-refractivity contribution in [3.63, 3.8) is 0 Å². The Hall–Kier alpha value is -3.48. The second-order valence-corrected chi connectivity index (χ2v) is 7.07. The second-order valence-electron chi connectivity index (χ2n) is 7.07. The minimum atomic E-state index is -0.281. The molecule has 156 valence electrons. The van der Waals surface area contributed by atoms with Crippen LogP contribution in [0.1, 0.15) is 43.5 Å². The van der Waals surface area contributed by atoms with Crippen molar-refractivity contribution in [2.24, 2.45) is 10.2 Å². The van der Waals surface area contributed by atoms with Crippen LogP contribution in [0.15, 0.2) is 57.4 Å². The van der Waals surface area contributed by atoms with E-state index in [0.29, 0.717) is 12.2 Å². The number of azo groups is 1. The molecule has 7 nitrogen and oxygen atoms in total. The van der Waals surface area contributed by atoms with Crippen LogP contribution in [0.5, 0.6) is 0 Å². The van der Waals surface area contributed by atoms with Gasteiger partial charge in [-0.3, -0.25) is 9.59 Å². The fourth-order valence-electron chi connectivity index (χ4n) is 3.46. The first-order chi connectivity index (χ1) is 14.4. The highest BCUT2D eigenvalue weighted by molar-refractivity contribution is 6.00. The summed E-state index contributed by atoms with van der Waals surface area (Å²) < 4.78 is 4.78. The van der Waals surface area contributed by atoms with Crippen molar-refractivity contribution in [3.05, 3.63) is 64.0 Å². The molecular formula is C23H26N4O3. The smallest absolute Gasteiger partial charge is 0.305 e. The molecule has 2 heterocycles. The normalized spacial score (nSPS) is 15.3. The van der Waals surface area contributed by atoms with Gasteiger partial charge in [-0.1, -0.05) is 25.1 Å². The van der Waals surface area contributed by atoms with Gasteiger partial charge in [-0.2, -0.15) is 0 Å². The summed E-state index contributed by atoms with van der Waals surface area (Å²) in [6.07, 6.45) is 3.40. The van der Waals surface area contributed by atoms with Gasteiger partial charge in [0.05, 0.1) is 12.8 Å². The standard InChI is InChI=1S/C23H26N4O3/c1-5-17-15(3)23(29)25-20(17)13-19-14(2)18(11-12-21(28)30-4)22(24-19)27-26-16-9-7-6-8-10-16/h6-10,13,24H,5,11-12H2,1-4H3,(H,25,29)/b20-13-,27-26?. The summed E-state index contributed by atoms with van der Waals surface area (Å²) in [5, 5.41) is 11.6. The van der Waals surface area contributed by atoms with E-state index >= 15 is 0 Å². The Balaban J connectivity index is 1.99. The SMILES string of the molecule is CCC1=C(C)C(=O)N/C1=C\c1[nH]c(N=Nc2ccccc2)c(CCC(=O)OC)c1C. The molecule has 3 rings (SSSR count). The topological polar surface area (TPSA) is 95.9 Å². The number of methoxy groups -OCH3 is 1. The molecule has 1 amide bonds. The summed E-state index contributed by atoms with van der Waals surface area (Å²) in [6, 6.07) is 9.44. The molecule has 1 aromatic heterocycles. The van der Waals surface area contributed by atoms with Gasteiger partial charge >= 0.3 is 5.97 Å². The summed E-state index contributed by atoms with van der Waals surface area (Å²) in [7, 11) is 1.38. The Morgan fingerprint density at radius 1 is 1.17 bits per heavy atom. The predicted molar refractivity (Wildman–Crippen MR) is 116 cm³/mol. The summed E-state index contributed by atoms with van der Waals surface area (Å²) in [6.45, 7) is 5.82. The molecule has 1 aromatic carbocycles. The number of ether oxygens (including phenoxy) is 1. The molecule has 2 aromatic rings. The number of nitrogens with zero attached hydrogens (tertiary/aromatic N) is 2. The van der Waals surface area contributed by atoms with Gasteiger partial charge in [0.2, 0.25) is 0 Å². The van der Waals surface area contributed by atoms with E-state index in [2.05, 4.69) is 20.5 Å². The summed E-state index contributed by atoms with van der Waals surface area (Å²) in [5.74, 6) is 0.240. The number of esters is 1. The fourth-order valence-corrected chi connectivity index (χ4v) is 3.46. The molecule has 0 saturated carbocycles. The number of allylic oxidation sites excluding steroid dienone is 1. The molecular weight excluding hydrogens is 380 g/mol. The number of aromatic nitrogens is 1. The Morgan fingerprint density at radius 3 is 2.57 bits per heavy atom. The third kappa shape index (κ3) is 4.56. The molecule has 0 spiro atoms. The van der Waals surface area contributed by atoms with E-state index in [0.717, 1.165) is 45.8 Å². The number of carbonyl (C=O) groups excluding carboxylic acids is 2. The van der Waals surface area contributed by atoms with Crippen LogP contribution in [0.3, 0.4) is 0 Å². The monoisotopic (exact) mass is 406 g/mol. The van der Waals surface area contributed by atoms with Gasteiger partial charge in [-0.25, -0.2) is 0 Å². The van der Waals surface area contributed by atoms with E-state index < -0.39 is 0 Å². The van der Waals surface area contributed by atoms with Gasteiger partial charge < -0.3 is 15.0 Å². The van der Waals surface area contributed by atoms with Crippen molar-refractivity contribution in [1.29, 1.82) is 0 Å². The van der Waals surface area contributed by atoms with Crippen LogP contribution in [0.25, 0.3) is 6.08 Å². The zero-order chi connectivity index (χ0) is 21.7. The van der Waals surface area contributed by atoms with Crippen LogP contribution in [-0.4, -0.2) is 24.0 Å². The molecule has 0 aliphatic carbocycles. The number of hydrogen-bond donors (Lipinski definition) is 2. The minimum absolute atomic E-state index is 0.0720. The maximum atomic E-state index is 12.1. The Bertz CT molecular complexity index is 1050. The van der Waals surface area contributed by atoms with Crippen molar-refractivity contribution in [2.45, 2.75) is 40.0 Å². The van der Waals surface area contributed by atoms with E-state index in [9.17, 15) is 9.59 Å². The van der Waals surface area contributed by atoms with Gasteiger partial charge in [0.1, 0.15) is 0 Å². The third-order valence-electron chi connectivity index (χ3n) is 5.23. The minimum Gasteiger partial charge on any atom is -0.469 e. The first-order valence-electron chi connectivity index (χ1n) is 9.92. The van der Waals surface area contributed by atoms with Crippen molar-refractivity contribution >= 4 is 29.5 Å². The van der Waals surface area contributed by atoms with Gasteiger partial charge in [-0.15, -0.1) is 10.2 Å². The Kier molecular flexibility index (Phi) is 6.61. The second kappa shape index (κ2) is 9.35. The average Bonchev–Trinajstić information content (AvgIpc) is 3.20. The molecule has 0 fully saturated rings. The number of hydrogen-bond acceptors (Lipinski definition) is 5. The van der Waals surface area contributed by atoms with Crippen LogP contribution < -0.4 is 5.32 Å². The molecule has 1 aliphatic rings. The fraction of sp³-hybridized carbons (Fsp3) is 0.304. The van der Waals surface area contributed by atoms with Crippen molar-refractivity contribution < 1.29 is 14.3 Å². The molecule has 1 aliphatic heterocycles. The van der Waals surface area contributed by atoms with Crippen LogP contribution >= 0.6 is 0 Å². The molecule has 0 bridgehead atoms. The van der Waals surface area contributed by atoms with Crippen LogP contribution in [0, 0.1) is 6.92 Å². The maximum absolute atomic E-state index is 12.1. The predicted octanol–water partition coefficient (Wildman–Crippen LogP) is 5.04. The van der Waals surface area contributed by atoms with Crippen molar-refractivity contribution in [3.8, 4) is 0 Å². The number of H-pyrrole nitrogens is 1. The largest absolute Gasteiger partial charge is 0.469 e. The summed E-state index contributed by atoms with van der Waals surface area (Å²) in [5.41, 5.74) is 5.94. The van der Waals surface area contributed by atoms with Crippen molar-refractivity contribution in [1.82, 2.24) is 10.3 Å². The molecule has 2 N–H and O–H groups in total. The van der Waals surface area contributed by atoms with E-state index in [1.165, 1.54) is 7.11 Å². The van der Waals surface area contributed by atoms with Gasteiger partial charge in [-0.05, 0) is 56.0 Å². The number of rotatable bonds is 7. The van der Waals surface area contributed by atoms with Crippen LogP contribution in [0.2, 0.25) is 0 Å². The van der Waals surface area contributed by atoms with Gasteiger partial charge in [0.15, 0.2) is 5.82 Å². The number of aromatic amines is 1.